The second-order valence-electron chi connectivity index (χ2n) is 5.84. The molecule has 0 aliphatic heterocycles. The Morgan fingerprint density at radius 2 is 1.46 bits per heavy atom. The summed E-state index contributed by atoms with van der Waals surface area (Å²) in [5.74, 6) is 0. The highest BCUT2D eigenvalue weighted by Gasteiger charge is 2.13. The van der Waals surface area contributed by atoms with Gasteiger partial charge in [0.15, 0.2) is 0 Å². The Morgan fingerprint density at radius 3 is 2.29 bits per heavy atom. The average molecular weight is 342 g/mol. The average Bonchev–Trinajstić information content (AvgIpc) is 3.29. The van der Waals surface area contributed by atoms with E-state index in [2.05, 4.69) is 84.2 Å². The predicted molar refractivity (Wildman–Crippen MR) is 108 cm³/mol. The van der Waals surface area contributed by atoms with Gasteiger partial charge in [-0.05, 0) is 45.5 Å². The van der Waals surface area contributed by atoms with Crippen molar-refractivity contribution in [3.05, 3.63) is 84.2 Å². The van der Waals surface area contributed by atoms with E-state index in [4.69, 9.17) is 0 Å². The van der Waals surface area contributed by atoms with Crippen molar-refractivity contribution in [2.24, 2.45) is 0 Å². The summed E-state index contributed by atoms with van der Waals surface area (Å²) in [5.41, 5.74) is 2.64. The summed E-state index contributed by atoms with van der Waals surface area (Å²) in [6, 6.07) is 28.5. The molecule has 5 aromatic rings. The van der Waals surface area contributed by atoms with Gasteiger partial charge in [0, 0.05) is 19.8 Å². The lowest BCUT2D eigenvalue weighted by Gasteiger charge is -2.09. The number of hydrogen-bond donors (Lipinski definition) is 0. The van der Waals surface area contributed by atoms with E-state index in [1.54, 1.807) is 0 Å². The Balaban J connectivity index is 1.91. The van der Waals surface area contributed by atoms with Crippen LogP contribution in [0.25, 0.3) is 41.7 Å². The molecule has 0 saturated heterocycles. The molecule has 5 rings (SSSR count). The zero-order chi connectivity index (χ0) is 15.9. The van der Waals surface area contributed by atoms with E-state index in [1.807, 2.05) is 22.7 Å². The van der Waals surface area contributed by atoms with Crippen molar-refractivity contribution < 1.29 is 0 Å². The molecule has 2 aromatic heterocycles. The van der Waals surface area contributed by atoms with Crippen LogP contribution in [0.3, 0.4) is 0 Å². The molecule has 24 heavy (non-hydrogen) atoms. The Morgan fingerprint density at radius 1 is 0.625 bits per heavy atom. The van der Waals surface area contributed by atoms with Gasteiger partial charge >= 0.3 is 0 Å². The minimum Gasteiger partial charge on any atom is -0.143 e. The monoisotopic (exact) mass is 342 g/mol. The first-order valence-electron chi connectivity index (χ1n) is 7.95. The van der Waals surface area contributed by atoms with Crippen LogP contribution < -0.4 is 0 Å². The van der Waals surface area contributed by atoms with Crippen LogP contribution in [-0.4, -0.2) is 0 Å². The lowest BCUT2D eigenvalue weighted by Crippen LogP contribution is -1.82. The highest BCUT2D eigenvalue weighted by Crippen LogP contribution is 2.43. The molecule has 0 amide bonds. The number of fused-ring (bicyclic) bond motifs is 2. The van der Waals surface area contributed by atoms with E-state index < -0.39 is 0 Å². The van der Waals surface area contributed by atoms with Crippen LogP contribution in [0.4, 0.5) is 0 Å². The largest absolute Gasteiger partial charge is 0.143 e. The maximum Gasteiger partial charge on any atom is 0.0455 e. The molecular weight excluding hydrogens is 328 g/mol. The zero-order valence-corrected chi connectivity index (χ0v) is 14.5. The van der Waals surface area contributed by atoms with Gasteiger partial charge < -0.3 is 0 Å². The molecular formula is C22H14S2. The highest BCUT2D eigenvalue weighted by molar-refractivity contribution is 7.25. The third-order valence-electron chi connectivity index (χ3n) is 4.37. The van der Waals surface area contributed by atoms with Gasteiger partial charge in [0.1, 0.15) is 0 Å². The highest BCUT2D eigenvalue weighted by atomic mass is 32.1. The summed E-state index contributed by atoms with van der Waals surface area (Å²) in [6.07, 6.45) is 0. The van der Waals surface area contributed by atoms with Gasteiger partial charge in [-0.3, -0.25) is 0 Å². The van der Waals surface area contributed by atoms with Crippen LogP contribution in [0.15, 0.2) is 84.2 Å². The predicted octanol–water partition coefficient (Wildman–Crippen LogP) is 7.45. The maximum absolute atomic E-state index is 2.36. The number of hydrogen-bond acceptors (Lipinski definition) is 2. The quantitative estimate of drug-likeness (QED) is 0.312. The molecule has 0 nitrogen and oxygen atoms in total. The molecule has 0 radical (unpaired) electrons. The molecule has 0 N–H and O–H groups in total. The van der Waals surface area contributed by atoms with Gasteiger partial charge in [-0.25, -0.2) is 0 Å². The third-order valence-corrected chi connectivity index (χ3v) is 6.52. The van der Waals surface area contributed by atoms with Gasteiger partial charge in [-0.2, -0.15) is 0 Å². The first-order chi connectivity index (χ1) is 11.9. The fourth-order valence-corrected chi connectivity index (χ4v) is 5.25. The van der Waals surface area contributed by atoms with Gasteiger partial charge in [0.2, 0.25) is 0 Å². The normalized spacial score (nSPS) is 11.3. The third kappa shape index (κ3) is 2.19. The van der Waals surface area contributed by atoms with Crippen molar-refractivity contribution in [1.82, 2.24) is 0 Å². The van der Waals surface area contributed by atoms with E-state index in [9.17, 15) is 0 Å². The summed E-state index contributed by atoms with van der Waals surface area (Å²) in [5, 5.41) is 6.14. The Labute approximate surface area is 148 Å². The van der Waals surface area contributed by atoms with Crippen LogP contribution >= 0.6 is 22.7 Å². The second-order valence-corrected chi connectivity index (χ2v) is 7.87. The number of benzene rings is 3. The SMILES string of the molecule is c1ccc(-c2c3ccccc3cc3sc(-c4cccs4)cc23)cc1. The summed E-state index contributed by atoms with van der Waals surface area (Å²) >= 11 is 3.70. The van der Waals surface area contributed by atoms with Crippen LogP contribution in [0.2, 0.25) is 0 Å². The molecule has 3 aromatic carbocycles. The molecule has 0 saturated carbocycles. The van der Waals surface area contributed by atoms with Crippen LogP contribution in [0.5, 0.6) is 0 Å². The molecule has 0 bridgehead atoms. The Hall–Kier alpha value is -2.42. The lowest BCUT2D eigenvalue weighted by molar-refractivity contribution is 1.68. The van der Waals surface area contributed by atoms with E-state index in [-0.39, 0.29) is 0 Å². The molecule has 0 spiro atoms. The van der Waals surface area contributed by atoms with Crippen molar-refractivity contribution in [3.63, 3.8) is 0 Å². The smallest absolute Gasteiger partial charge is 0.0455 e. The molecule has 0 fully saturated rings. The van der Waals surface area contributed by atoms with Gasteiger partial charge in [0.25, 0.3) is 0 Å². The van der Waals surface area contributed by atoms with Gasteiger partial charge in [-0.15, -0.1) is 22.7 Å². The van der Waals surface area contributed by atoms with E-state index in [0.29, 0.717) is 0 Å². The van der Waals surface area contributed by atoms with Gasteiger partial charge in [0.05, 0.1) is 0 Å². The van der Waals surface area contributed by atoms with Crippen molar-refractivity contribution in [1.29, 1.82) is 0 Å². The van der Waals surface area contributed by atoms with Crippen molar-refractivity contribution in [2.45, 2.75) is 0 Å². The Bertz CT molecular complexity index is 1130. The Kier molecular flexibility index (Phi) is 3.25. The number of rotatable bonds is 2. The summed E-state index contributed by atoms with van der Waals surface area (Å²) in [7, 11) is 0. The molecule has 114 valence electrons. The van der Waals surface area contributed by atoms with E-state index in [1.165, 1.54) is 41.7 Å². The number of thiophene rings is 2. The van der Waals surface area contributed by atoms with Crippen LogP contribution in [0.1, 0.15) is 0 Å². The second kappa shape index (κ2) is 5.59. The van der Waals surface area contributed by atoms with E-state index in [0.717, 1.165) is 0 Å². The summed E-state index contributed by atoms with van der Waals surface area (Å²) in [4.78, 5) is 2.70. The maximum atomic E-state index is 2.36. The van der Waals surface area contributed by atoms with Crippen molar-refractivity contribution in [2.75, 3.05) is 0 Å². The van der Waals surface area contributed by atoms with Gasteiger partial charge in [-0.1, -0.05) is 60.7 Å². The molecule has 2 heterocycles. The molecule has 0 unspecified atom stereocenters. The summed E-state index contributed by atoms with van der Waals surface area (Å²) < 4.78 is 1.36. The fraction of sp³-hybridized carbons (Fsp3) is 0. The molecule has 0 aliphatic carbocycles. The first-order valence-corrected chi connectivity index (χ1v) is 9.64. The minimum atomic E-state index is 1.29. The summed E-state index contributed by atoms with van der Waals surface area (Å²) in [6.45, 7) is 0. The minimum absolute atomic E-state index is 1.29. The standard InChI is InChI=1S/C22H14S2/c1-2-7-15(8-3-1)22-17-10-5-4-9-16(17)13-20-18(22)14-21(24-20)19-11-6-12-23-19/h1-14H. The van der Waals surface area contributed by atoms with Crippen molar-refractivity contribution >= 4 is 43.5 Å². The fourth-order valence-electron chi connectivity index (χ4n) is 3.30. The molecule has 2 heteroatoms. The van der Waals surface area contributed by atoms with E-state index >= 15 is 0 Å². The van der Waals surface area contributed by atoms with Crippen LogP contribution in [0, 0.1) is 0 Å². The van der Waals surface area contributed by atoms with Crippen molar-refractivity contribution in [3.8, 4) is 20.9 Å². The first kappa shape index (κ1) is 14.0. The lowest BCUT2D eigenvalue weighted by atomic mass is 9.95. The zero-order valence-electron chi connectivity index (χ0n) is 12.9. The topological polar surface area (TPSA) is 0 Å². The molecule has 0 atom stereocenters. The molecule has 0 aliphatic rings. The van der Waals surface area contributed by atoms with Crippen LogP contribution in [-0.2, 0) is 0 Å².